The number of hydrogen-bond acceptors (Lipinski definition) is 5. The molecule has 0 N–H and O–H groups in total. The highest BCUT2D eigenvalue weighted by Gasteiger charge is 2.09. The molecule has 0 amide bonds. The van der Waals surface area contributed by atoms with Crippen molar-refractivity contribution in [2.24, 2.45) is 0 Å². The minimum atomic E-state index is 1.01. The largest absolute Gasteiger partial charge is 0.234 e. The summed E-state index contributed by atoms with van der Waals surface area (Å²) in [5.41, 5.74) is 2.07. The third-order valence-corrected chi connectivity index (χ3v) is 5.23. The van der Waals surface area contributed by atoms with E-state index in [0.717, 1.165) is 26.3 Å². The molecule has 3 aromatic rings. The molecule has 0 aliphatic carbocycles. The molecule has 5 heteroatoms. The van der Waals surface area contributed by atoms with Crippen LogP contribution in [-0.4, -0.2) is 15.7 Å². The Morgan fingerprint density at radius 2 is 2.12 bits per heavy atom. The first-order valence-corrected chi connectivity index (χ1v) is 7.99. The lowest BCUT2D eigenvalue weighted by atomic mass is 10.3. The Bertz CT molecular complexity index is 609. The molecule has 0 spiro atoms. The van der Waals surface area contributed by atoms with Gasteiger partial charge in [0, 0.05) is 5.38 Å². The second-order valence-electron chi connectivity index (χ2n) is 3.42. The number of fused-ring (bicyclic) bond motifs is 1. The molecule has 0 atom stereocenters. The van der Waals surface area contributed by atoms with Crippen LogP contribution in [0.2, 0.25) is 0 Å². The van der Waals surface area contributed by atoms with Gasteiger partial charge >= 0.3 is 0 Å². The van der Waals surface area contributed by atoms with Crippen LogP contribution in [0.25, 0.3) is 20.9 Å². The first-order valence-electron chi connectivity index (χ1n) is 5.31. The van der Waals surface area contributed by atoms with E-state index in [9.17, 15) is 0 Å². The van der Waals surface area contributed by atoms with Crippen molar-refractivity contribution < 1.29 is 0 Å². The van der Waals surface area contributed by atoms with Crippen LogP contribution in [0.4, 0.5) is 0 Å². The molecule has 2 aromatic heterocycles. The first kappa shape index (κ1) is 11.2. The van der Waals surface area contributed by atoms with Gasteiger partial charge in [0.05, 0.1) is 10.2 Å². The van der Waals surface area contributed by atoms with Crippen LogP contribution in [0.5, 0.6) is 0 Å². The normalized spacial score (nSPS) is 11.1. The monoisotopic (exact) mass is 278 g/mol. The van der Waals surface area contributed by atoms with E-state index in [1.165, 1.54) is 4.70 Å². The van der Waals surface area contributed by atoms with E-state index in [4.69, 9.17) is 0 Å². The van der Waals surface area contributed by atoms with E-state index in [-0.39, 0.29) is 0 Å². The number of nitrogens with zero attached hydrogens (tertiary/aromatic N) is 2. The van der Waals surface area contributed by atoms with Crippen LogP contribution in [0.1, 0.15) is 6.92 Å². The molecule has 0 unspecified atom stereocenters. The van der Waals surface area contributed by atoms with E-state index < -0.39 is 0 Å². The zero-order valence-corrected chi connectivity index (χ0v) is 11.7. The van der Waals surface area contributed by atoms with Gasteiger partial charge in [0.1, 0.15) is 10.7 Å². The molecule has 0 saturated heterocycles. The third kappa shape index (κ3) is 2.22. The number of thiazole rings is 2. The standard InChI is InChI=1S/C12H10N2S3/c1-2-15-12-14-9(7-16-12)11-13-8-5-3-4-6-10(8)17-11/h3-7H,2H2,1H3. The van der Waals surface area contributed by atoms with Crippen LogP contribution in [0.3, 0.4) is 0 Å². The van der Waals surface area contributed by atoms with Crippen LogP contribution >= 0.6 is 34.4 Å². The van der Waals surface area contributed by atoms with Crippen LogP contribution in [0.15, 0.2) is 34.0 Å². The average molecular weight is 278 g/mol. The number of thioether (sulfide) groups is 1. The van der Waals surface area contributed by atoms with Crippen molar-refractivity contribution in [1.29, 1.82) is 0 Å². The molecule has 0 aliphatic heterocycles. The molecule has 0 fully saturated rings. The molecular weight excluding hydrogens is 268 g/mol. The fraction of sp³-hybridized carbons (Fsp3) is 0.167. The van der Waals surface area contributed by atoms with Gasteiger partial charge in [0.15, 0.2) is 4.34 Å². The van der Waals surface area contributed by atoms with Gasteiger partial charge in [-0.15, -0.1) is 22.7 Å². The summed E-state index contributed by atoms with van der Waals surface area (Å²) in [6.07, 6.45) is 0. The summed E-state index contributed by atoms with van der Waals surface area (Å²) in [6, 6.07) is 8.21. The second-order valence-corrected chi connectivity index (χ2v) is 6.82. The first-order chi connectivity index (χ1) is 8.36. The fourth-order valence-corrected chi connectivity index (χ4v) is 4.24. The minimum absolute atomic E-state index is 1.01. The van der Waals surface area contributed by atoms with Crippen molar-refractivity contribution in [3.05, 3.63) is 29.6 Å². The molecule has 2 nitrogen and oxygen atoms in total. The summed E-state index contributed by atoms with van der Waals surface area (Å²) in [7, 11) is 0. The van der Waals surface area contributed by atoms with Gasteiger partial charge in [-0.05, 0) is 17.9 Å². The molecule has 17 heavy (non-hydrogen) atoms. The molecule has 0 saturated carbocycles. The van der Waals surface area contributed by atoms with Crippen LogP contribution < -0.4 is 0 Å². The van der Waals surface area contributed by atoms with Crippen molar-refractivity contribution in [2.75, 3.05) is 5.75 Å². The molecule has 3 rings (SSSR count). The lowest BCUT2D eigenvalue weighted by Crippen LogP contribution is -1.76. The Morgan fingerprint density at radius 3 is 2.94 bits per heavy atom. The lowest BCUT2D eigenvalue weighted by molar-refractivity contribution is 1.24. The van der Waals surface area contributed by atoms with Crippen LogP contribution in [-0.2, 0) is 0 Å². The Hall–Kier alpha value is -0.910. The van der Waals surface area contributed by atoms with E-state index >= 15 is 0 Å². The van der Waals surface area contributed by atoms with Gasteiger partial charge in [0.25, 0.3) is 0 Å². The molecule has 0 radical (unpaired) electrons. The quantitative estimate of drug-likeness (QED) is 0.658. The zero-order chi connectivity index (χ0) is 11.7. The highest BCUT2D eigenvalue weighted by atomic mass is 32.2. The van der Waals surface area contributed by atoms with E-state index in [1.807, 2.05) is 18.2 Å². The van der Waals surface area contributed by atoms with Gasteiger partial charge in [-0.2, -0.15) is 0 Å². The summed E-state index contributed by atoms with van der Waals surface area (Å²) < 4.78 is 2.35. The summed E-state index contributed by atoms with van der Waals surface area (Å²) in [5.74, 6) is 1.06. The number of para-hydroxylation sites is 1. The molecule has 0 aliphatic rings. The third-order valence-electron chi connectivity index (χ3n) is 2.26. The van der Waals surface area contributed by atoms with Gasteiger partial charge in [-0.3, -0.25) is 0 Å². The molecule has 0 bridgehead atoms. The van der Waals surface area contributed by atoms with E-state index in [1.54, 1.807) is 34.4 Å². The smallest absolute Gasteiger partial charge is 0.150 e. The Balaban J connectivity index is 2.01. The van der Waals surface area contributed by atoms with Gasteiger partial charge in [-0.25, -0.2) is 9.97 Å². The van der Waals surface area contributed by atoms with Crippen molar-refractivity contribution in [1.82, 2.24) is 9.97 Å². The maximum atomic E-state index is 4.61. The topological polar surface area (TPSA) is 25.8 Å². The Labute approximate surface area is 112 Å². The highest BCUT2D eigenvalue weighted by molar-refractivity contribution is 8.00. The summed E-state index contributed by atoms with van der Waals surface area (Å²) in [4.78, 5) is 9.20. The Morgan fingerprint density at radius 1 is 1.24 bits per heavy atom. The second kappa shape index (κ2) is 4.76. The van der Waals surface area contributed by atoms with E-state index in [0.29, 0.717) is 0 Å². The van der Waals surface area contributed by atoms with Gasteiger partial charge < -0.3 is 0 Å². The maximum Gasteiger partial charge on any atom is 0.150 e. The summed E-state index contributed by atoms with van der Waals surface area (Å²) >= 11 is 5.18. The molecule has 86 valence electrons. The van der Waals surface area contributed by atoms with Crippen molar-refractivity contribution in [2.45, 2.75) is 11.3 Å². The van der Waals surface area contributed by atoms with Gasteiger partial charge in [-0.1, -0.05) is 30.8 Å². The number of benzene rings is 1. The maximum absolute atomic E-state index is 4.61. The highest BCUT2D eigenvalue weighted by Crippen LogP contribution is 2.32. The Kier molecular flexibility index (Phi) is 3.13. The predicted octanol–water partition coefficient (Wildman–Crippen LogP) is 4.53. The number of hydrogen-bond donors (Lipinski definition) is 0. The summed E-state index contributed by atoms with van der Waals surface area (Å²) in [5, 5.41) is 3.11. The van der Waals surface area contributed by atoms with Crippen molar-refractivity contribution in [3.63, 3.8) is 0 Å². The van der Waals surface area contributed by atoms with E-state index in [2.05, 4.69) is 28.3 Å². The average Bonchev–Trinajstić information content (AvgIpc) is 2.94. The lowest BCUT2D eigenvalue weighted by Gasteiger charge is -1.88. The molecule has 1 aromatic carbocycles. The van der Waals surface area contributed by atoms with Crippen LogP contribution in [0, 0.1) is 0 Å². The van der Waals surface area contributed by atoms with Crippen molar-refractivity contribution >= 4 is 44.7 Å². The zero-order valence-electron chi connectivity index (χ0n) is 9.21. The van der Waals surface area contributed by atoms with Gasteiger partial charge in [0.2, 0.25) is 0 Å². The molecule has 2 heterocycles. The fourth-order valence-electron chi connectivity index (χ4n) is 1.53. The van der Waals surface area contributed by atoms with Crippen molar-refractivity contribution in [3.8, 4) is 10.7 Å². The number of aromatic nitrogens is 2. The molecular formula is C12H10N2S3. The predicted molar refractivity (Wildman–Crippen MR) is 77.1 cm³/mol. The SMILES string of the molecule is CCSc1nc(-c2nc3ccccc3s2)cs1. The number of rotatable bonds is 3. The minimum Gasteiger partial charge on any atom is -0.234 e. The summed E-state index contributed by atoms with van der Waals surface area (Å²) in [6.45, 7) is 2.14.